The van der Waals surface area contributed by atoms with Gasteiger partial charge in [-0.1, -0.05) is 6.92 Å². The lowest BCUT2D eigenvalue weighted by Crippen LogP contribution is -2.43. The van der Waals surface area contributed by atoms with Crippen LogP contribution in [0, 0.1) is 0 Å². The van der Waals surface area contributed by atoms with E-state index in [2.05, 4.69) is 5.32 Å². The van der Waals surface area contributed by atoms with E-state index in [9.17, 15) is 9.59 Å². The second-order valence-electron chi connectivity index (χ2n) is 6.16. The van der Waals surface area contributed by atoms with Crippen molar-refractivity contribution in [1.29, 1.82) is 0 Å². The average Bonchev–Trinajstić information content (AvgIpc) is 2.87. The van der Waals surface area contributed by atoms with Gasteiger partial charge in [-0.05, 0) is 20.3 Å². The van der Waals surface area contributed by atoms with Gasteiger partial charge in [-0.3, -0.25) is 9.59 Å². The fourth-order valence-corrected chi connectivity index (χ4v) is 2.67. The van der Waals surface area contributed by atoms with Crippen molar-refractivity contribution in [2.45, 2.75) is 76.6 Å². The van der Waals surface area contributed by atoms with Gasteiger partial charge in [-0.15, -0.1) is 0 Å². The Morgan fingerprint density at radius 3 is 2.42 bits per heavy atom. The van der Waals surface area contributed by atoms with Gasteiger partial charge in [-0.25, -0.2) is 0 Å². The van der Waals surface area contributed by atoms with Gasteiger partial charge in [0.15, 0.2) is 6.10 Å². The van der Waals surface area contributed by atoms with Crippen molar-refractivity contribution in [3.05, 3.63) is 0 Å². The molecule has 8 heteroatoms. The smallest absolute Gasteiger partial charge is 0.306 e. The lowest BCUT2D eigenvalue weighted by Gasteiger charge is -2.28. The van der Waals surface area contributed by atoms with Gasteiger partial charge in [0.05, 0.1) is 30.7 Å². The highest BCUT2D eigenvalue weighted by molar-refractivity contribution is 6.11. The van der Waals surface area contributed by atoms with Crippen LogP contribution in [-0.2, 0) is 28.5 Å². The number of amides is 1. The molecule has 1 aliphatic heterocycles. The number of esters is 1. The summed E-state index contributed by atoms with van der Waals surface area (Å²) in [5.41, 5.74) is 0. The summed E-state index contributed by atoms with van der Waals surface area (Å²) in [6.45, 7) is 5.82. The number of hydrogen-bond donors (Lipinski definition) is 1. The summed E-state index contributed by atoms with van der Waals surface area (Å²) in [5.74, 6) is -0.605. The standard InChI is InChI=1S/C16H30BNO6/c1-6-11-14(24-13(20)8-7-12(19)18-4)15(16(17)23-11)22-10(3)9(2)21-5/h9-11,14-16H,6-8,17H2,1-5H3,(H,18,19)/t9-,10-,11-,14+,15?,16-/m1/s1. The number of carbonyl (C=O) groups excluding carboxylic acids is 2. The molecule has 6 atom stereocenters. The minimum Gasteiger partial charge on any atom is -0.457 e. The first-order valence-corrected chi connectivity index (χ1v) is 8.57. The van der Waals surface area contributed by atoms with Crippen molar-refractivity contribution >= 4 is 19.7 Å². The minimum absolute atomic E-state index is 0.0394. The minimum atomic E-state index is -0.478. The monoisotopic (exact) mass is 343 g/mol. The Hall–Kier alpha value is -1.12. The molecule has 0 aromatic carbocycles. The maximum Gasteiger partial charge on any atom is 0.306 e. The van der Waals surface area contributed by atoms with Crippen LogP contribution in [0.1, 0.15) is 40.0 Å². The number of carbonyl (C=O) groups is 2. The van der Waals surface area contributed by atoms with E-state index in [1.807, 2.05) is 28.6 Å². The summed E-state index contributed by atoms with van der Waals surface area (Å²) in [4.78, 5) is 23.3. The zero-order valence-corrected chi connectivity index (χ0v) is 15.5. The topological polar surface area (TPSA) is 83.1 Å². The molecule has 1 N–H and O–H groups in total. The Morgan fingerprint density at radius 1 is 1.21 bits per heavy atom. The number of rotatable bonds is 9. The molecule has 7 nitrogen and oxygen atoms in total. The Kier molecular flexibility index (Phi) is 8.73. The normalized spacial score (nSPS) is 29.0. The van der Waals surface area contributed by atoms with Gasteiger partial charge in [0.1, 0.15) is 14.0 Å². The maximum atomic E-state index is 12.1. The molecule has 1 amide bonds. The van der Waals surface area contributed by atoms with Crippen LogP contribution in [0.4, 0.5) is 0 Å². The van der Waals surface area contributed by atoms with E-state index < -0.39 is 12.1 Å². The fourth-order valence-electron chi connectivity index (χ4n) is 2.67. The molecule has 1 rings (SSSR count). The number of nitrogens with one attached hydrogen (secondary N) is 1. The van der Waals surface area contributed by atoms with Gasteiger partial charge >= 0.3 is 5.97 Å². The Labute approximate surface area is 145 Å². The first-order chi connectivity index (χ1) is 11.3. The van der Waals surface area contributed by atoms with E-state index in [4.69, 9.17) is 18.9 Å². The zero-order valence-electron chi connectivity index (χ0n) is 15.5. The molecule has 1 heterocycles. The zero-order chi connectivity index (χ0) is 18.3. The van der Waals surface area contributed by atoms with E-state index >= 15 is 0 Å². The Balaban J connectivity index is 2.70. The predicted octanol–water partition coefficient (Wildman–Crippen LogP) is 0.00100. The van der Waals surface area contributed by atoms with Crippen LogP contribution in [0.3, 0.4) is 0 Å². The Morgan fingerprint density at radius 2 is 1.88 bits per heavy atom. The quantitative estimate of drug-likeness (QED) is 0.469. The molecule has 24 heavy (non-hydrogen) atoms. The molecule has 0 saturated carbocycles. The molecule has 1 saturated heterocycles. The molecule has 1 fully saturated rings. The molecule has 138 valence electrons. The third-order valence-corrected chi connectivity index (χ3v) is 4.45. The molecule has 0 aliphatic carbocycles. The molecule has 1 aliphatic rings. The summed E-state index contributed by atoms with van der Waals surface area (Å²) in [6, 6.07) is -0.182. The van der Waals surface area contributed by atoms with Crippen molar-refractivity contribution in [3.8, 4) is 0 Å². The largest absolute Gasteiger partial charge is 0.457 e. The number of ether oxygens (including phenoxy) is 4. The molecule has 0 radical (unpaired) electrons. The summed E-state index contributed by atoms with van der Waals surface area (Å²) >= 11 is 0. The van der Waals surface area contributed by atoms with E-state index in [0.717, 1.165) is 0 Å². The van der Waals surface area contributed by atoms with Gasteiger partial charge in [0.2, 0.25) is 5.91 Å². The highest BCUT2D eigenvalue weighted by Crippen LogP contribution is 2.29. The second-order valence-corrected chi connectivity index (χ2v) is 6.16. The molecule has 0 bridgehead atoms. The van der Waals surface area contributed by atoms with Crippen molar-refractivity contribution in [3.63, 3.8) is 0 Å². The number of methoxy groups -OCH3 is 1. The van der Waals surface area contributed by atoms with Crippen molar-refractivity contribution < 1.29 is 28.5 Å². The molecular weight excluding hydrogens is 313 g/mol. The molecule has 0 aromatic rings. The van der Waals surface area contributed by atoms with Gasteiger partial charge in [-0.2, -0.15) is 0 Å². The van der Waals surface area contributed by atoms with Gasteiger partial charge in [0.25, 0.3) is 0 Å². The van der Waals surface area contributed by atoms with Crippen LogP contribution in [0.15, 0.2) is 0 Å². The van der Waals surface area contributed by atoms with Crippen LogP contribution in [0.2, 0.25) is 0 Å². The lowest BCUT2D eigenvalue weighted by molar-refractivity contribution is -0.163. The average molecular weight is 343 g/mol. The fraction of sp³-hybridized carbons (Fsp3) is 0.875. The SMILES string of the molecule is B[C@@H]1O[C@H](CC)[C@H](OC(=O)CCC(=O)NC)C1O[C@H](C)[C@@H](C)OC. The first-order valence-electron chi connectivity index (χ1n) is 8.57. The van der Waals surface area contributed by atoms with Crippen LogP contribution in [0.25, 0.3) is 0 Å². The van der Waals surface area contributed by atoms with Gasteiger partial charge < -0.3 is 24.3 Å². The van der Waals surface area contributed by atoms with E-state index in [-0.39, 0.29) is 49.2 Å². The lowest BCUT2D eigenvalue weighted by atomic mass is 9.92. The summed E-state index contributed by atoms with van der Waals surface area (Å²) in [6.07, 6.45) is -0.420. The van der Waals surface area contributed by atoms with E-state index in [0.29, 0.717) is 6.42 Å². The number of hydrogen-bond acceptors (Lipinski definition) is 6. The van der Waals surface area contributed by atoms with Crippen LogP contribution < -0.4 is 5.32 Å². The Bertz CT molecular complexity index is 421. The van der Waals surface area contributed by atoms with Gasteiger partial charge in [0, 0.05) is 20.6 Å². The van der Waals surface area contributed by atoms with Crippen LogP contribution >= 0.6 is 0 Å². The molecule has 0 aromatic heterocycles. The second kappa shape index (κ2) is 10.0. The van der Waals surface area contributed by atoms with Crippen LogP contribution in [-0.4, -0.2) is 70.4 Å². The third-order valence-electron chi connectivity index (χ3n) is 4.45. The highest BCUT2D eigenvalue weighted by Gasteiger charge is 2.45. The van der Waals surface area contributed by atoms with E-state index in [1.165, 1.54) is 7.05 Å². The summed E-state index contributed by atoms with van der Waals surface area (Å²) < 4.78 is 22.8. The van der Waals surface area contributed by atoms with E-state index in [1.54, 1.807) is 7.11 Å². The molecule has 0 spiro atoms. The van der Waals surface area contributed by atoms with Crippen molar-refractivity contribution in [1.82, 2.24) is 5.32 Å². The van der Waals surface area contributed by atoms with Crippen molar-refractivity contribution in [2.75, 3.05) is 14.2 Å². The van der Waals surface area contributed by atoms with Crippen LogP contribution in [0.5, 0.6) is 0 Å². The predicted molar refractivity (Wildman–Crippen MR) is 91.5 cm³/mol. The highest BCUT2D eigenvalue weighted by atomic mass is 16.6. The first kappa shape index (κ1) is 20.9. The maximum absolute atomic E-state index is 12.1. The third kappa shape index (κ3) is 5.75. The summed E-state index contributed by atoms with van der Waals surface area (Å²) in [7, 11) is 5.08. The molecular formula is C16H30BNO6. The summed E-state index contributed by atoms with van der Waals surface area (Å²) in [5, 5.41) is 2.48. The van der Waals surface area contributed by atoms with Crippen molar-refractivity contribution in [2.24, 2.45) is 0 Å². The molecule has 1 unspecified atom stereocenters.